The van der Waals surface area contributed by atoms with Gasteiger partial charge in [-0.1, -0.05) is 0 Å². The number of aliphatic hydroxyl groups is 1. The normalized spacial score (nSPS) is 13.9. The Balaban J connectivity index is 2.92. The number of esters is 1. The molecule has 12 heteroatoms. The predicted molar refractivity (Wildman–Crippen MR) is 79.0 cm³/mol. The molecule has 0 aliphatic carbocycles. The van der Waals surface area contributed by atoms with E-state index in [-0.39, 0.29) is 5.69 Å². The van der Waals surface area contributed by atoms with Crippen molar-refractivity contribution >= 4 is 11.8 Å². The van der Waals surface area contributed by atoms with E-state index in [1.54, 1.807) is 0 Å². The number of H-pyrrole nitrogens is 1. The predicted octanol–water partition coefficient (Wildman–Crippen LogP) is 0.170. The number of halogens is 4. The van der Waals surface area contributed by atoms with E-state index in [1.165, 1.54) is 4.98 Å². The van der Waals surface area contributed by atoms with Crippen LogP contribution in [0.15, 0.2) is 33.9 Å². The highest BCUT2D eigenvalue weighted by Crippen LogP contribution is 2.40. The number of rotatable bonds is 3. The molecule has 2 rings (SSSR count). The molecule has 1 aromatic heterocycles. The summed E-state index contributed by atoms with van der Waals surface area (Å²) < 4.78 is 57.5. The summed E-state index contributed by atoms with van der Waals surface area (Å²) >= 11 is 0. The Kier molecular flexibility index (Phi) is 4.64. The third-order valence-corrected chi connectivity index (χ3v) is 3.49. The summed E-state index contributed by atoms with van der Waals surface area (Å²) in [6, 6.07) is 3.73. The number of nitrogens with zero attached hydrogens (tertiary/aromatic N) is 1. The first-order valence-corrected chi connectivity index (χ1v) is 6.74. The molecular weight excluding hydrogens is 366 g/mol. The van der Waals surface area contributed by atoms with Crippen molar-refractivity contribution in [3.05, 3.63) is 56.5 Å². The molecule has 0 saturated heterocycles. The van der Waals surface area contributed by atoms with Gasteiger partial charge in [0.25, 0.3) is 11.2 Å². The molecule has 26 heavy (non-hydrogen) atoms. The fourth-order valence-corrected chi connectivity index (χ4v) is 2.26. The first kappa shape index (κ1) is 19.2. The van der Waals surface area contributed by atoms with E-state index in [0.29, 0.717) is 11.7 Å². The lowest BCUT2D eigenvalue weighted by Gasteiger charge is -2.28. The summed E-state index contributed by atoms with van der Waals surface area (Å²) in [6.07, 6.45) is -5.70. The Bertz CT molecular complexity index is 965. The SMILES string of the molecule is COC(=O)C(O)(c1c(N)n(-c2ccc(F)cc2)c(=O)[nH]c1=O)C(F)(F)F. The molecule has 0 aliphatic rings. The number of nitrogens with two attached hydrogens (primary N) is 1. The Morgan fingerprint density at radius 3 is 2.23 bits per heavy atom. The number of nitrogen functional groups attached to an aromatic ring is 1. The van der Waals surface area contributed by atoms with Crippen LogP contribution >= 0.6 is 0 Å². The molecule has 0 bridgehead atoms. The standard InChI is InChI=1S/C14H11F4N3O5/c1-26-11(23)13(25,14(16,17)18)8-9(19)21(12(24)20-10(8)22)7-4-2-6(15)3-5-7/h2-5,25H,19H2,1H3,(H,20,22,24). The van der Waals surface area contributed by atoms with Crippen molar-refractivity contribution in [3.63, 3.8) is 0 Å². The van der Waals surface area contributed by atoms with Gasteiger partial charge in [-0.2, -0.15) is 13.2 Å². The third kappa shape index (κ3) is 2.83. The second-order valence-electron chi connectivity index (χ2n) is 5.03. The minimum Gasteiger partial charge on any atom is -0.466 e. The second-order valence-corrected chi connectivity index (χ2v) is 5.03. The van der Waals surface area contributed by atoms with Gasteiger partial charge in [-0.25, -0.2) is 18.5 Å². The fraction of sp³-hybridized carbons (Fsp3) is 0.214. The van der Waals surface area contributed by atoms with E-state index in [4.69, 9.17) is 5.73 Å². The van der Waals surface area contributed by atoms with Gasteiger partial charge >= 0.3 is 17.8 Å². The summed E-state index contributed by atoms with van der Waals surface area (Å²) in [4.78, 5) is 37.1. The number of anilines is 1. The van der Waals surface area contributed by atoms with Crippen LogP contribution in [0, 0.1) is 5.82 Å². The number of carbonyl (C=O) groups is 1. The average molecular weight is 377 g/mol. The molecule has 4 N–H and O–H groups in total. The Labute approximate surface area is 141 Å². The van der Waals surface area contributed by atoms with E-state index in [1.807, 2.05) is 0 Å². The van der Waals surface area contributed by atoms with Gasteiger partial charge in [0, 0.05) is 0 Å². The number of carbonyl (C=O) groups excluding carboxylic acids is 1. The van der Waals surface area contributed by atoms with Crippen molar-refractivity contribution in [2.24, 2.45) is 0 Å². The van der Waals surface area contributed by atoms with Gasteiger partial charge in [-0.15, -0.1) is 0 Å². The molecule has 1 atom stereocenters. The highest BCUT2D eigenvalue weighted by molar-refractivity contribution is 5.83. The maximum Gasteiger partial charge on any atom is 0.432 e. The number of nitrogens with one attached hydrogen (secondary N) is 1. The molecule has 0 radical (unpaired) electrons. The zero-order valence-corrected chi connectivity index (χ0v) is 12.9. The lowest BCUT2D eigenvalue weighted by molar-refractivity contribution is -0.267. The first-order chi connectivity index (χ1) is 11.9. The van der Waals surface area contributed by atoms with Crippen LogP contribution in [0.3, 0.4) is 0 Å². The zero-order chi connectivity index (χ0) is 19.9. The molecule has 2 aromatic rings. The number of hydrogen-bond acceptors (Lipinski definition) is 6. The molecule has 0 fully saturated rings. The molecule has 1 unspecified atom stereocenters. The van der Waals surface area contributed by atoms with Crippen molar-refractivity contribution in [2.45, 2.75) is 11.8 Å². The number of benzene rings is 1. The molecule has 0 spiro atoms. The minimum absolute atomic E-state index is 0.221. The van der Waals surface area contributed by atoms with E-state index < -0.39 is 46.2 Å². The largest absolute Gasteiger partial charge is 0.466 e. The van der Waals surface area contributed by atoms with Crippen molar-refractivity contribution in [1.29, 1.82) is 0 Å². The number of methoxy groups -OCH3 is 1. The topological polar surface area (TPSA) is 127 Å². The van der Waals surface area contributed by atoms with Gasteiger partial charge in [-0.3, -0.25) is 9.78 Å². The van der Waals surface area contributed by atoms with Crippen LogP contribution in [0.25, 0.3) is 5.69 Å². The van der Waals surface area contributed by atoms with E-state index in [0.717, 1.165) is 24.3 Å². The smallest absolute Gasteiger partial charge is 0.432 e. The number of aromatic nitrogens is 2. The molecular formula is C14H11F4N3O5. The second kappa shape index (κ2) is 6.29. The van der Waals surface area contributed by atoms with E-state index >= 15 is 0 Å². The Morgan fingerprint density at radius 2 is 1.77 bits per heavy atom. The van der Waals surface area contributed by atoms with Crippen molar-refractivity contribution < 1.29 is 32.2 Å². The van der Waals surface area contributed by atoms with Crippen molar-refractivity contribution in [1.82, 2.24) is 9.55 Å². The van der Waals surface area contributed by atoms with Gasteiger partial charge in [0.15, 0.2) is 0 Å². The summed E-state index contributed by atoms with van der Waals surface area (Å²) in [5.41, 5.74) is -3.80. The Morgan fingerprint density at radius 1 is 1.23 bits per heavy atom. The van der Waals surface area contributed by atoms with Crippen LogP contribution in [-0.4, -0.2) is 33.9 Å². The van der Waals surface area contributed by atoms with E-state index in [9.17, 15) is 37.1 Å². The molecule has 1 aromatic carbocycles. The average Bonchev–Trinajstić information content (AvgIpc) is 2.54. The van der Waals surface area contributed by atoms with Gasteiger partial charge in [0.05, 0.1) is 12.8 Å². The van der Waals surface area contributed by atoms with Gasteiger partial charge < -0.3 is 15.6 Å². The number of aromatic amines is 1. The number of hydrogen-bond donors (Lipinski definition) is 3. The molecule has 1 heterocycles. The summed E-state index contributed by atoms with van der Waals surface area (Å²) in [5, 5.41) is 9.98. The summed E-state index contributed by atoms with van der Waals surface area (Å²) in [6.45, 7) is 0. The van der Waals surface area contributed by atoms with Gasteiger partial charge in [0.1, 0.15) is 17.2 Å². The summed E-state index contributed by atoms with van der Waals surface area (Å²) in [7, 11) is 0.555. The van der Waals surface area contributed by atoms with E-state index in [2.05, 4.69) is 4.74 Å². The molecule has 8 nitrogen and oxygen atoms in total. The summed E-state index contributed by atoms with van der Waals surface area (Å²) in [5.74, 6) is -4.12. The Hall–Kier alpha value is -3.15. The lowest BCUT2D eigenvalue weighted by atomic mass is 9.94. The van der Waals surface area contributed by atoms with Crippen LogP contribution in [0.2, 0.25) is 0 Å². The molecule has 0 amide bonds. The highest BCUT2D eigenvalue weighted by Gasteiger charge is 2.64. The molecule has 0 saturated carbocycles. The third-order valence-electron chi connectivity index (χ3n) is 3.49. The van der Waals surface area contributed by atoms with Crippen molar-refractivity contribution in [2.75, 3.05) is 12.8 Å². The molecule has 0 aliphatic heterocycles. The van der Waals surface area contributed by atoms with Crippen LogP contribution < -0.4 is 17.0 Å². The number of alkyl halides is 3. The van der Waals surface area contributed by atoms with Crippen LogP contribution in [0.5, 0.6) is 0 Å². The van der Waals surface area contributed by atoms with Crippen LogP contribution in [0.1, 0.15) is 5.56 Å². The lowest BCUT2D eigenvalue weighted by Crippen LogP contribution is -2.54. The zero-order valence-electron chi connectivity index (χ0n) is 12.9. The maximum atomic E-state index is 13.4. The first-order valence-electron chi connectivity index (χ1n) is 6.74. The number of ether oxygens (including phenoxy) is 1. The minimum atomic E-state index is -5.70. The van der Waals surface area contributed by atoms with Crippen LogP contribution in [-0.2, 0) is 15.1 Å². The fourth-order valence-electron chi connectivity index (χ4n) is 2.26. The van der Waals surface area contributed by atoms with Crippen molar-refractivity contribution in [3.8, 4) is 5.69 Å². The van der Waals surface area contributed by atoms with Gasteiger partial charge in [0.2, 0.25) is 0 Å². The van der Waals surface area contributed by atoms with Gasteiger partial charge in [-0.05, 0) is 24.3 Å². The monoisotopic (exact) mass is 377 g/mol. The quantitative estimate of drug-likeness (QED) is 0.517. The highest BCUT2D eigenvalue weighted by atomic mass is 19.4. The van der Waals surface area contributed by atoms with Crippen LogP contribution in [0.4, 0.5) is 23.4 Å². The molecule has 140 valence electrons. The maximum absolute atomic E-state index is 13.4.